The molecule has 0 fully saturated rings. The van der Waals surface area contributed by atoms with Crippen molar-refractivity contribution in [2.24, 2.45) is 4.99 Å². The normalized spacial score (nSPS) is 12.4. The van der Waals surface area contributed by atoms with Gasteiger partial charge in [-0.25, -0.2) is 9.97 Å². The average molecular weight is 506 g/mol. The van der Waals surface area contributed by atoms with Crippen LogP contribution in [0.25, 0.3) is 5.82 Å². The maximum atomic E-state index is 5.42. The van der Waals surface area contributed by atoms with Crippen LogP contribution in [-0.4, -0.2) is 40.9 Å². The zero-order valence-electron chi connectivity index (χ0n) is 16.0. The zero-order chi connectivity index (χ0) is 19.2. The second-order valence-corrected chi connectivity index (χ2v) is 6.28. The Balaban J connectivity index is 0.00000240. The first-order valence-corrected chi connectivity index (χ1v) is 9.08. The van der Waals surface area contributed by atoms with Crippen molar-refractivity contribution in [1.82, 2.24) is 25.2 Å². The summed E-state index contributed by atoms with van der Waals surface area (Å²) in [5, 5.41) is 6.63. The van der Waals surface area contributed by atoms with E-state index in [0.29, 0.717) is 13.3 Å². The molecule has 0 bridgehead atoms. The lowest BCUT2D eigenvalue weighted by atomic mass is 10.1. The number of hydrogen-bond donors (Lipinski definition) is 2. The van der Waals surface area contributed by atoms with E-state index >= 15 is 0 Å². The lowest BCUT2D eigenvalue weighted by Crippen LogP contribution is -2.37. The van der Waals surface area contributed by atoms with Crippen molar-refractivity contribution in [3.8, 4) is 17.3 Å². The standard InChI is InChI=1S/C20H22N6O2.HI/c1-21-20(23-7-6-15-2-4-17-18(10-15)28-14-27-17)25-12-16-3-5-19(24-11-16)26-9-8-22-13-26;/h2-5,8-11,13H,6-7,12,14H2,1H3,(H2,21,23,25);1H. The average Bonchev–Trinajstić information content (AvgIpc) is 3.42. The van der Waals surface area contributed by atoms with Crippen molar-refractivity contribution >= 4 is 29.9 Å². The van der Waals surface area contributed by atoms with E-state index in [1.54, 1.807) is 19.6 Å². The lowest BCUT2D eigenvalue weighted by Gasteiger charge is -2.12. The monoisotopic (exact) mass is 506 g/mol. The van der Waals surface area contributed by atoms with Crippen LogP contribution >= 0.6 is 24.0 Å². The van der Waals surface area contributed by atoms with E-state index < -0.39 is 0 Å². The van der Waals surface area contributed by atoms with Gasteiger partial charge in [0.2, 0.25) is 6.79 Å². The minimum absolute atomic E-state index is 0. The smallest absolute Gasteiger partial charge is 0.231 e. The van der Waals surface area contributed by atoms with Gasteiger partial charge in [-0.3, -0.25) is 9.56 Å². The van der Waals surface area contributed by atoms with Crippen LogP contribution in [0.3, 0.4) is 0 Å². The van der Waals surface area contributed by atoms with Gasteiger partial charge in [-0.15, -0.1) is 24.0 Å². The van der Waals surface area contributed by atoms with Crippen molar-refractivity contribution in [1.29, 1.82) is 0 Å². The minimum atomic E-state index is 0. The Kier molecular flexibility index (Phi) is 7.28. The van der Waals surface area contributed by atoms with E-state index in [-0.39, 0.29) is 24.0 Å². The number of pyridine rings is 1. The van der Waals surface area contributed by atoms with Crippen molar-refractivity contribution < 1.29 is 9.47 Å². The Bertz CT molecular complexity index is 944. The highest BCUT2D eigenvalue weighted by molar-refractivity contribution is 14.0. The van der Waals surface area contributed by atoms with Gasteiger partial charge in [0, 0.05) is 38.7 Å². The van der Waals surface area contributed by atoms with Gasteiger partial charge < -0.3 is 20.1 Å². The summed E-state index contributed by atoms with van der Waals surface area (Å²) in [6.07, 6.45) is 8.04. The minimum Gasteiger partial charge on any atom is -0.454 e. The summed E-state index contributed by atoms with van der Waals surface area (Å²) in [5.74, 6) is 3.21. The summed E-state index contributed by atoms with van der Waals surface area (Å²) in [5.41, 5.74) is 2.26. The molecule has 1 aliphatic rings. The highest BCUT2D eigenvalue weighted by atomic mass is 127. The molecule has 0 aliphatic carbocycles. The fourth-order valence-corrected chi connectivity index (χ4v) is 2.90. The van der Waals surface area contributed by atoms with Crippen LogP contribution in [0.2, 0.25) is 0 Å². The fourth-order valence-electron chi connectivity index (χ4n) is 2.90. The Morgan fingerprint density at radius 1 is 1.14 bits per heavy atom. The molecular weight excluding hydrogens is 483 g/mol. The topological polar surface area (TPSA) is 85.6 Å². The molecule has 2 aromatic heterocycles. The van der Waals surface area contributed by atoms with Gasteiger partial charge in [0.05, 0.1) is 0 Å². The Hall–Kier alpha value is -2.82. The molecule has 4 rings (SSSR count). The lowest BCUT2D eigenvalue weighted by molar-refractivity contribution is 0.174. The number of nitrogens with one attached hydrogen (secondary N) is 2. The third-order valence-corrected chi connectivity index (χ3v) is 4.40. The second-order valence-electron chi connectivity index (χ2n) is 6.28. The van der Waals surface area contributed by atoms with Crippen LogP contribution in [0.4, 0.5) is 0 Å². The molecule has 0 unspecified atom stereocenters. The predicted octanol–water partition coefficient (Wildman–Crippen LogP) is 2.52. The number of ether oxygens (including phenoxy) is 2. The van der Waals surface area contributed by atoms with Crippen molar-refractivity contribution in [3.63, 3.8) is 0 Å². The molecule has 0 saturated heterocycles. The third-order valence-electron chi connectivity index (χ3n) is 4.40. The summed E-state index contributed by atoms with van der Waals surface area (Å²) >= 11 is 0. The molecule has 0 saturated carbocycles. The molecule has 3 heterocycles. The van der Waals surface area contributed by atoms with Gasteiger partial charge in [-0.1, -0.05) is 12.1 Å². The summed E-state index contributed by atoms with van der Waals surface area (Å²) in [4.78, 5) is 12.8. The van der Waals surface area contributed by atoms with Crippen LogP contribution in [0, 0.1) is 0 Å². The van der Waals surface area contributed by atoms with Crippen molar-refractivity contribution in [2.75, 3.05) is 20.4 Å². The molecule has 9 heteroatoms. The van der Waals surface area contributed by atoms with E-state index in [4.69, 9.17) is 9.47 Å². The van der Waals surface area contributed by atoms with Crippen LogP contribution < -0.4 is 20.1 Å². The van der Waals surface area contributed by atoms with Gasteiger partial charge in [0.15, 0.2) is 17.5 Å². The molecular formula is C20H23IN6O2. The quantitative estimate of drug-likeness (QED) is 0.304. The first kappa shape index (κ1) is 20.9. The summed E-state index contributed by atoms with van der Waals surface area (Å²) in [6.45, 7) is 1.70. The third kappa shape index (κ3) is 5.37. The molecule has 1 aromatic carbocycles. The van der Waals surface area contributed by atoms with Gasteiger partial charge in [-0.2, -0.15) is 0 Å². The molecule has 2 N–H and O–H groups in total. The Labute approximate surface area is 186 Å². The first-order chi connectivity index (χ1) is 13.8. The molecule has 1 aliphatic heterocycles. The van der Waals surface area contributed by atoms with E-state index in [0.717, 1.165) is 41.8 Å². The van der Waals surface area contributed by atoms with Crippen LogP contribution in [-0.2, 0) is 13.0 Å². The van der Waals surface area contributed by atoms with Gasteiger partial charge in [0.25, 0.3) is 0 Å². The van der Waals surface area contributed by atoms with Crippen molar-refractivity contribution in [3.05, 3.63) is 66.4 Å². The van der Waals surface area contributed by atoms with Gasteiger partial charge in [0.1, 0.15) is 12.1 Å². The largest absolute Gasteiger partial charge is 0.454 e. The molecule has 3 aromatic rings. The number of halogens is 1. The molecule has 0 spiro atoms. The maximum Gasteiger partial charge on any atom is 0.231 e. The molecule has 0 atom stereocenters. The number of guanidine groups is 1. The Morgan fingerprint density at radius 3 is 2.76 bits per heavy atom. The van der Waals surface area contributed by atoms with E-state index in [9.17, 15) is 0 Å². The number of aliphatic imine (C=N–C) groups is 1. The second kappa shape index (κ2) is 10.1. The molecule has 0 radical (unpaired) electrons. The number of fused-ring (bicyclic) bond motifs is 1. The van der Waals surface area contributed by atoms with E-state index in [2.05, 4.69) is 31.7 Å². The summed E-state index contributed by atoms with van der Waals surface area (Å²) in [7, 11) is 1.76. The number of hydrogen-bond acceptors (Lipinski definition) is 5. The summed E-state index contributed by atoms with van der Waals surface area (Å²) in [6, 6.07) is 10.0. The predicted molar refractivity (Wildman–Crippen MR) is 121 cm³/mol. The number of aromatic nitrogens is 3. The highest BCUT2D eigenvalue weighted by Gasteiger charge is 2.12. The molecule has 29 heavy (non-hydrogen) atoms. The van der Waals surface area contributed by atoms with Gasteiger partial charge >= 0.3 is 0 Å². The molecule has 0 amide bonds. The van der Waals surface area contributed by atoms with Crippen LogP contribution in [0.15, 0.2) is 60.2 Å². The number of benzene rings is 1. The van der Waals surface area contributed by atoms with Crippen LogP contribution in [0.5, 0.6) is 11.5 Å². The number of imidazole rings is 1. The fraction of sp³-hybridized carbons (Fsp3) is 0.250. The van der Waals surface area contributed by atoms with Gasteiger partial charge in [-0.05, 0) is 35.7 Å². The number of nitrogens with zero attached hydrogens (tertiary/aromatic N) is 4. The molecule has 8 nitrogen and oxygen atoms in total. The number of rotatable bonds is 6. The zero-order valence-corrected chi connectivity index (χ0v) is 18.4. The maximum absolute atomic E-state index is 5.42. The molecule has 152 valence electrons. The SMILES string of the molecule is CN=C(NCCc1ccc2c(c1)OCO2)NCc1ccc(-n2ccnc2)nc1.I. The van der Waals surface area contributed by atoms with Crippen molar-refractivity contribution in [2.45, 2.75) is 13.0 Å². The Morgan fingerprint density at radius 2 is 2.00 bits per heavy atom. The first-order valence-electron chi connectivity index (χ1n) is 9.08. The highest BCUT2D eigenvalue weighted by Crippen LogP contribution is 2.32. The van der Waals surface area contributed by atoms with Crippen LogP contribution in [0.1, 0.15) is 11.1 Å². The summed E-state index contributed by atoms with van der Waals surface area (Å²) < 4.78 is 12.6. The van der Waals surface area contributed by atoms with E-state index in [1.807, 2.05) is 41.2 Å². The van der Waals surface area contributed by atoms with E-state index in [1.165, 1.54) is 5.56 Å².